The molecular weight excluding hydrogens is 320 g/mol. The van der Waals surface area contributed by atoms with Crippen LogP contribution >= 0.6 is 38.9 Å². The van der Waals surface area contributed by atoms with Crippen molar-refractivity contribution in [3.05, 3.63) is 55.1 Å². The lowest BCUT2D eigenvalue weighted by atomic mass is 10.0. The van der Waals surface area contributed by atoms with Crippen LogP contribution in [-0.2, 0) is 6.42 Å². The first-order chi connectivity index (χ1) is 8.08. The quantitative estimate of drug-likeness (QED) is 0.860. The Balaban J connectivity index is 2.20. The van der Waals surface area contributed by atoms with Gasteiger partial charge in [0.05, 0.1) is 6.10 Å². The molecule has 0 fully saturated rings. The van der Waals surface area contributed by atoms with Crippen LogP contribution in [0, 0.1) is 6.92 Å². The van der Waals surface area contributed by atoms with Gasteiger partial charge in [-0.2, -0.15) is 0 Å². The van der Waals surface area contributed by atoms with Gasteiger partial charge in [0.15, 0.2) is 0 Å². The first-order valence-electron chi connectivity index (χ1n) is 5.24. The third kappa shape index (κ3) is 3.10. The summed E-state index contributed by atoms with van der Waals surface area (Å²) in [5.74, 6) is 0. The van der Waals surface area contributed by atoms with Gasteiger partial charge < -0.3 is 5.11 Å². The Morgan fingerprint density at radius 3 is 2.76 bits per heavy atom. The lowest BCUT2D eigenvalue weighted by molar-refractivity contribution is 0.179. The maximum absolute atomic E-state index is 10.2. The van der Waals surface area contributed by atoms with E-state index in [1.54, 1.807) is 11.3 Å². The average Bonchev–Trinajstić information content (AvgIpc) is 2.64. The molecule has 1 atom stereocenters. The maximum Gasteiger partial charge on any atom is 0.0853 e. The zero-order valence-corrected chi connectivity index (χ0v) is 12.4. The van der Waals surface area contributed by atoms with Gasteiger partial charge in [-0.15, -0.1) is 11.3 Å². The molecule has 0 aliphatic heterocycles. The Morgan fingerprint density at radius 1 is 1.41 bits per heavy atom. The van der Waals surface area contributed by atoms with Crippen molar-refractivity contribution in [2.75, 3.05) is 0 Å². The first-order valence-corrected chi connectivity index (χ1v) is 7.29. The molecule has 0 spiro atoms. The second-order valence-corrected chi connectivity index (χ2v) is 6.20. The third-order valence-electron chi connectivity index (χ3n) is 2.58. The Morgan fingerprint density at radius 2 is 2.18 bits per heavy atom. The van der Waals surface area contributed by atoms with Gasteiger partial charge in [0.1, 0.15) is 0 Å². The molecule has 4 heteroatoms. The minimum absolute atomic E-state index is 0.557. The van der Waals surface area contributed by atoms with E-state index < -0.39 is 6.10 Å². The molecule has 0 aliphatic carbocycles. The number of aliphatic hydroxyl groups is 1. The van der Waals surface area contributed by atoms with Gasteiger partial charge in [-0.05, 0) is 51.5 Å². The van der Waals surface area contributed by atoms with Gasteiger partial charge in [-0.25, -0.2) is 0 Å². The number of hydrogen-bond acceptors (Lipinski definition) is 2. The van der Waals surface area contributed by atoms with Gasteiger partial charge in [-0.1, -0.05) is 23.7 Å². The van der Waals surface area contributed by atoms with E-state index >= 15 is 0 Å². The monoisotopic (exact) mass is 330 g/mol. The zero-order valence-electron chi connectivity index (χ0n) is 9.28. The fourth-order valence-corrected chi connectivity index (χ4v) is 3.57. The third-order valence-corrected chi connectivity index (χ3v) is 4.86. The molecule has 0 saturated heterocycles. The standard InChI is InChI=1S/C13H12BrClOS/c1-8-2-3-9(11(15)6-8)12(16)7-13-10(14)4-5-17-13/h2-6,12,16H,7H2,1H3. The van der Waals surface area contributed by atoms with Crippen LogP contribution in [0.1, 0.15) is 22.1 Å². The topological polar surface area (TPSA) is 20.2 Å². The van der Waals surface area contributed by atoms with E-state index in [2.05, 4.69) is 15.9 Å². The molecule has 1 N–H and O–H groups in total. The summed E-state index contributed by atoms with van der Waals surface area (Å²) in [6.45, 7) is 1.98. The molecule has 17 heavy (non-hydrogen) atoms. The highest BCUT2D eigenvalue weighted by Gasteiger charge is 2.14. The number of benzene rings is 1. The maximum atomic E-state index is 10.2. The molecule has 1 aromatic heterocycles. The van der Waals surface area contributed by atoms with Gasteiger partial charge in [0.2, 0.25) is 0 Å². The van der Waals surface area contributed by atoms with Crippen LogP contribution in [0.2, 0.25) is 5.02 Å². The van der Waals surface area contributed by atoms with E-state index in [1.165, 1.54) is 0 Å². The smallest absolute Gasteiger partial charge is 0.0853 e. The summed E-state index contributed by atoms with van der Waals surface area (Å²) in [5, 5.41) is 12.8. The summed E-state index contributed by atoms with van der Waals surface area (Å²) in [5.41, 5.74) is 1.89. The number of halogens is 2. The number of thiophene rings is 1. The lowest BCUT2D eigenvalue weighted by Gasteiger charge is -2.12. The van der Waals surface area contributed by atoms with E-state index in [0.29, 0.717) is 11.4 Å². The number of rotatable bonds is 3. The van der Waals surface area contributed by atoms with E-state index in [1.807, 2.05) is 36.6 Å². The van der Waals surface area contributed by atoms with Gasteiger partial charge in [0.25, 0.3) is 0 Å². The van der Waals surface area contributed by atoms with Gasteiger partial charge >= 0.3 is 0 Å². The Kier molecular flexibility index (Phi) is 4.26. The number of aliphatic hydroxyl groups excluding tert-OH is 1. The summed E-state index contributed by atoms with van der Waals surface area (Å²) in [6.07, 6.45) is 0.0270. The highest BCUT2D eigenvalue weighted by molar-refractivity contribution is 9.10. The minimum Gasteiger partial charge on any atom is -0.388 e. The molecule has 1 nitrogen and oxygen atoms in total. The SMILES string of the molecule is Cc1ccc(C(O)Cc2sccc2Br)c(Cl)c1. The highest BCUT2D eigenvalue weighted by atomic mass is 79.9. The van der Waals surface area contributed by atoms with Crippen molar-refractivity contribution in [2.24, 2.45) is 0 Å². The van der Waals surface area contributed by atoms with Crippen molar-refractivity contribution in [1.82, 2.24) is 0 Å². The first kappa shape index (κ1) is 13.1. The number of aryl methyl sites for hydroxylation is 1. The Labute approximate surface area is 118 Å². The van der Waals surface area contributed by atoms with Gasteiger partial charge in [-0.3, -0.25) is 0 Å². The summed E-state index contributed by atoms with van der Waals surface area (Å²) in [7, 11) is 0. The molecule has 0 saturated carbocycles. The van der Waals surface area contributed by atoms with Crippen molar-refractivity contribution in [3.8, 4) is 0 Å². The molecule has 0 aliphatic rings. The van der Waals surface area contributed by atoms with Crippen LogP contribution in [-0.4, -0.2) is 5.11 Å². The average molecular weight is 332 g/mol. The van der Waals surface area contributed by atoms with Gasteiger partial charge in [0, 0.05) is 20.8 Å². The minimum atomic E-state index is -0.557. The zero-order chi connectivity index (χ0) is 12.4. The van der Waals surface area contributed by atoms with Crippen molar-refractivity contribution in [3.63, 3.8) is 0 Å². The molecule has 1 unspecified atom stereocenters. The second kappa shape index (κ2) is 5.53. The van der Waals surface area contributed by atoms with Crippen LogP contribution in [0.25, 0.3) is 0 Å². The summed E-state index contributed by atoms with van der Waals surface area (Å²) in [4.78, 5) is 1.13. The van der Waals surface area contributed by atoms with E-state index in [0.717, 1.165) is 20.5 Å². The molecule has 0 amide bonds. The molecule has 90 valence electrons. The molecule has 2 aromatic rings. The normalized spacial score (nSPS) is 12.7. The fourth-order valence-electron chi connectivity index (χ4n) is 1.66. The molecule has 0 bridgehead atoms. The molecule has 1 heterocycles. The predicted molar refractivity (Wildman–Crippen MR) is 76.9 cm³/mol. The van der Waals surface area contributed by atoms with Crippen LogP contribution < -0.4 is 0 Å². The summed E-state index contributed by atoms with van der Waals surface area (Å²) >= 11 is 11.2. The van der Waals surface area contributed by atoms with E-state index in [9.17, 15) is 5.11 Å². The summed E-state index contributed by atoms with van der Waals surface area (Å²) < 4.78 is 1.05. The largest absolute Gasteiger partial charge is 0.388 e. The number of hydrogen-bond donors (Lipinski definition) is 1. The van der Waals surface area contributed by atoms with Crippen LogP contribution in [0.5, 0.6) is 0 Å². The van der Waals surface area contributed by atoms with Crippen molar-refractivity contribution in [1.29, 1.82) is 0 Å². The fraction of sp³-hybridized carbons (Fsp3) is 0.231. The molecular formula is C13H12BrClOS. The molecule has 1 aromatic carbocycles. The van der Waals surface area contributed by atoms with Crippen molar-refractivity contribution < 1.29 is 5.11 Å². The van der Waals surface area contributed by atoms with E-state index in [4.69, 9.17) is 11.6 Å². The molecule has 0 radical (unpaired) electrons. The van der Waals surface area contributed by atoms with Crippen molar-refractivity contribution >= 4 is 38.9 Å². The molecule has 2 rings (SSSR count). The highest BCUT2D eigenvalue weighted by Crippen LogP contribution is 2.31. The second-order valence-electron chi connectivity index (χ2n) is 3.94. The Bertz CT molecular complexity index is 524. The van der Waals surface area contributed by atoms with Crippen LogP contribution in [0.4, 0.5) is 0 Å². The lowest BCUT2D eigenvalue weighted by Crippen LogP contribution is -2.02. The van der Waals surface area contributed by atoms with E-state index in [-0.39, 0.29) is 0 Å². The Hall–Kier alpha value is -0.350. The van der Waals surface area contributed by atoms with Crippen molar-refractivity contribution in [2.45, 2.75) is 19.4 Å². The van der Waals surface area contributed by atoms with Crippen LogP contribution in [0.15, 0.2) is 34.1 Å². The summed E-state index contributed by atoms with van der Waals surface area (Å²) in [6, 6.07) is 7.73. The van der Waals surface area contributed by atoms with Crippen LogP contribution in [0.3, 0.4) is 0 Å². The predicted octanol–water partition coefficient (Wildman–Crippen LogP) is 4.75.